The highest BCUT2D eigenvalue weighted by Crippen LogP contribution is 2.28. The summed E-state index contributed by atoms with van der Waals surface area (Å²) in [5.41, 5.74) is 13.3. The second kappa shape index (κ2) is 10.7. The lowest BCUT2D eigenvalue weighted by molar-refractivity contribution is 0.301. The summed E-state index contributed by atoms with van der Waals surface area (Å²) in [4.78, 5) is 12.5. The SMILES string of the molecule is Cc1ncc(COc2cc(F)cc(Oc3ccc(/C(N)=C(\C#N)C(N)=NC(C)(C)C)cc3)c2)cn1. The van der Waals surface area contributed by atoms with Crippen LogP contribution in [-0.2, 0) is 6.61 Å². The van der Waals surface area contributed by atoms with Crippen molar-refractivity contribution in [3.05, 3.63) is 83.2 Å². The van der Waals surface area contributed by atoms with Crippen molar-refractivity contribution in [2.45, 2.75) is 39.8 Å². The topological polar surface area (TPSA) is 132 Å². The van der Waals surface area contributed by atoms with E-state index in [1.807, 2.05) is 26.8 Å². The van der Waals surface area contributed by atoms with Gasteiger partial charge in [-0.1, -0.05) is 0 Å². The van der Waals surface area contributed by atoms with Gasteiger partial charge in [-0.3, -0.25) is 4.99 Å². The third kappa shape index (κ3) is 7.27. The normalized spacial score (nSPS) is 12.5. The molecule has 8 nitrogen and oxygen atoms in total. The largest absolute Gasteiger partial charge is 0.489 e. The van der Waals surface area contributed by atoms with Gasteiger partial charge in [0.25, 0.3) is 0 Å². The summed E-state index contributed by atoms with van der Waals surface area (Å²) in [6.07, 6.45) is 3.31. The standard InChI is InChI=1S/C26H27FN6O2/c1-16-31-13-17(14-32-16)15-34-21-9-19(27)10-22(11-21)35-20-7-5-18(6-8-20)24(29)23(12-28)25(30)33-26(2,3)4/h5-11,13-14H,15,29H2,1-4H3,(H2,30,33)/b24-23-. The van der Waals surface area contributed by atoms with Crippen molar-refractivity contribution < 1.29 is 13.9 Å². The molecule has 3 aromatic rings. The Morgan fingerprint density at radius 2 is 1.66 bits per heavy atom. The number of benzene rings is 2. The van der Waals surface area contributed by atoms with E-state index in [0.717, 1.165) is 5.56 Å². The molecule has 0 aliphatic heterocycles. The van der Waals surface area contributed by atoms with Crippen LogP contribution in [0.15, 0.2) is 65.4 Å². The third-order valence-corrected chi connectivity index (χ3v) is 4.58. The minimum atomic E-state index is -0.506. The number of nitriles is 1. The molecule has 4 N–H and O–H groups in total. The molecule has 180 valence electrons. The predicted octanol–water partition coefficient (Wildman–Crippen LogP) is 4.64. The molecule has 0 saturated heterocycles. The molecular formula is C26H27FN6O2. The van der Waals surface area contributed by atoms with E-state index >= 15 is 0 Å². The summed E-state index contributed by atoms with van der Waals surface area (Å²) in [6.45, 7) is 7.59. The number of hydrogen-bond donors (Lipinski definition) is 2. The Labute approximate surface area is 203 Å². The fourth-order valence-electron chi connectivity index (χ4n) is 3.00. The summed E-state index contributed by atoms with van der Waals surface area (Å²) >= 11 is 0. The molecule has 9 heteroatoms. The highest BCUT2D eigenvalue weighted by molar-refractivity contribution is 6.07. The molecule has 1 heterocycles. The van der Waals surface area contributed by atoms with Crippen LogP contribution < -0.4 is 20.9 Å². The Bertz CT molecular complexity index is 1290. The van der Waals surface area contributed by atoms with Crippen LogP contribution in [0.4, 0.5) is 4.39 Å². The van der Waals surface area contributed by atoms with Gasteiger partial charge >= 0.3 is 0 Å². The van der Waals surface area contributed by atoms with Crippen molar-refractivity contribution >= 4 is 11.5 Å². The molecule has 35 heavy (non-hydrogen) atoms. The number of rotatable bonds is 7. The maximum absolute atomic E-state index is 14.1. The van der Waals surface area contributed by atoms with Crippen LogP contribution in [0.2, 0.25) is 0 Å². The van der Waals surface area contributed by atoms with E-state index in [-0.39, 0.29) is 29.5 Å². The molecule has 0 unspecified atom stereocenters. The molecule has 0 atom stereocenters. The van der Waals surface area contributed by atoms with Gasteiger partial charge < -0.3 is 20.9 Å². The fraction of sp³-hybridized carbons (Fsp3) is 0.231. The van der Waals surface area contributed by atoms with Crippen molar-refractivity contribution in [3.8, 4) is 23.3 Å². The molecule has 0 amide bonds. The average Bonchev–Trinajstić information content (AvgIpc) is 2.78. The van der Waals surface area contributed by atoms with E-state index in [1.165, 1.54) is 12.1 Å². The zero-order chi connectivity index (χ0) is 25.6. The van der Waals surface area contributed by atoms with Gasteiger partial charge in [0.2, 0.25) is 0 Å². The van der Waals surface area contributed by atoms with Crippen LogP contribution >= 0.6 is 0 Å². The number of aryl methyl sites for hydroxylation is 1. The van der Waals surface area contributed by atoms with Crippen molar-refractivity contribution in [1.82, 2.24) is 9.97 Å². The molecule has 0 saturated carbocycles. The number of aromatic nitrogens is 2. The molecule has 1 aromatic heterocycles. The van der Waals surface area contributed by atoms with Crippen LogP contribution in [0.3, 0.4) is 0 Å². The van der Waals surface area contributed by atoms with Gasteiger partial charge in [0.05, 0.1) is 11.2 Å². The van der Waals surface area contributed by atoms with Crippen LogP contribution in [0.25, 0.3) is 5.70 Å². The van der Waals surface area contributed by atoms with Crippen molar-refractivity contribution in [1.29, 1.82) is 5.26 Å². The first-order chi connectivity index (χ1) is 16.5. The lowest BCUT2D eigenvalue weighted by Gasteiger charge is -2.14. The Morgan fingerprint density at radius 1 is 1.03 bits per heavy atom. The fourth-order valence-corrected chi connectivity index (χ4v) is 3.00. The van der Waals surface area contributed by atoms with Crippen molar-refractivity contribution in [2.24, 2.45) is 16.5 Å². The maximum Gasteiger partial charge on any atom is 0.139 e. The van der Waals surface area contributed by atoms with Gasteiger partial charge in [0.15, 0.2) is 0 Å². The summed E-state index contributed by atoms with van der Waals surface area (Å²) in [6, 6.07) is 12.8. The maximum atomic E-state index is 14.1. The minimum Gasteiger partial charge on any atom is -0.489 e. The number of aliphatic imine (C=N–C) groups is 1. The van der Waals surface area contributed by atoms with Gasteiger partial charge in [-0.25, -0.2) is 14.4 Å². The number of halogens is 1. The first kappa shape index (κ1) is 25.2. The molecular weight excluding hydrogens is 447 g/mol. The summed E-state index contributed by atoms with van der Waals surface area (Å²) < 4.78 is 25.6. The molecule has 2 aromatic carbocycles. The first-order valence-electron chi connectivity index (χ1n) is 10.8. The van der Waals surface area contributed by atoms with E-state index in [4.69, 9.17) is 20.9 Å². The summed E-state index contributed by atoms with van der Waals surface area (Å²) in [5, 5.41) is 9.53. The van der Waals surface area contributed by atoms with Gasteiger partial charge in [-0.15, -0.1) is 0 Å². The Hall–Kier alpha value is -4.45. The highest BCUT2D eigenvalue weighted by Gasteiger charge is 2.15. The van der Waals surface area contributed by atoms with E-state index in [2.05, 4.69) is 15.0 Å². The number of nitrogens with two attached hydrogens (primary N) is 2. The van der Waals surface area contributed by atoms with Crippen LogP contribution in [0.1, 0.15) is 37.7 Å². The molecule has 3 rings (SSSR count). The lowest BCUT2D eigenvalue weighted by Crippen LogP contribution is -2.23. The van der Waals surface area contributed by atoms with Crippen molar-refractivity contribution in [2.75, 3.05) is 0 Å². The summed E-state index contributed by atoms with van der Waals surface area (Å²) in [5.74, 6) is 1.23. The number of ether oxygens (including phenoxy) is 2. The zero-order valence-corrected chi connectivity index (χ0v) is 20.0. The Balaban J connectivity index is 1.75. The van der Waals surface area contributed by atoms with E-state index < -0.39 is 11.4 Å². The van der Waals surface area contributed by atoms with Gasteiger partial charge in [-0.05, 0) is 57.5 Å². The predicted molar refractivity (Wildman–Crippen MR) is 132 cm³/mol. The van der Waals surface area contributed by atoms with Crippen LogP contribution in [0, 0.1) is 24.1 Å². The van der Waals surface area contributed by atoms with Crippen LogP contribution in [-0.4, -0.2) is 21.3 Å². The highest BCUT2D eigenvalue weighted by atomic mass is 19.1. The van der Waals surface area contributed by atoms with Gasteiger partial charge in [0, 0.05) is 36.2 Å². The first-order valence-corrected chi connectivity index (χ1v) is 10.8. The second-order valence-electron chi connectivity index (χ2n) is 8.74. The summed E-state index contributed by atoms with van der Waals surface area (Å²) in [7, 11) is 0. The molecule has 0 aliphatic rings. The third-order valence-electron chi connectivity index (χ3n) is 4.58. The van der Waals surface area contributed by atoms with Gasteiger partial charge in [-0.2, -0.15) is 5.26 Å². The van der Waals surface area contributed by atoms with E-state index in [0.29, 0.717) is 22.9 Å². The minimum absolute atomic E-state index is 0.0716. The van der Waals surface area contributed by atoms with Gasteiger partial charge in [0.1, 0.15) is 53.0 Å². The molecule has 0 radical (unpaired) electrons. The smallest absolute Gasteiger partial charge is 0.139 e. The zero-order valence-electron chi connectivity index (χ0n) is 20.0. The molecule has 0 fully saturated rings. The van der Waals surface area contributed by atoms with Crippen LogP contribution in [0.5, 0.6) is 17.2 Å². The van der Waals surface area contributed by atoms with E-state index in [9.17, 15) is 9.65 Å². The van der Waals surface area contributed by atoms with Crippen molar-refractivity contribution in [3.63, 3.8) is 0 Å². The Morgan fingerprint density at radius 3 is 2.26 bits per heavy atom. The van der Waals surface area contributed by atoms with E-state index in [1.54, 1.807) is 49.6 Å². The lowest BCUT2D eigenvalue weighted by atomic mass is 10.1. The Kier molecular flexibility index (Phi) is 7.66. The number of nitrogens with zero attached hydrogens (tertiary/aromatic N) is 4. The average molecular weight is 475 g/mol. The number of hydrogen-bond acceptors (Lipinski definition) is 7. The molecule has 0 spiro atoms. The quantitative estimate of drug-likeness (QED) is 0.289. The molecule has 0 bridgehead atoms. The monoisotopic (exact) mass is 474 g/mol. The molecule has 0 aliphatic carbocycles. The number of amidine groups is 1. The second-order valence-corrected chi connectivity index (χ2v) is 8.74.